The third-order valence-corrected chi connectivity index (χ3v) is 4.74. The zero-order chi connectivity index (χ0) is 14.8. The fourth-order valence-electron chi connectivity index (χ4n) is 3.04. The van der Waals surface area contributed by atoms with Gasteiger partial charge < -0.3 is 0 Å². The van der Waals surface area contributed by atoms with Crippen LogP contribution in [0.15, 0.2) is 24.3 Å². The summed E-state index contributed by atoms with van der Waals surface area (Å²) in [6.07, 6.45) is -1.49. The molecule has 112 valence electrons. The number of hydrogen-bond donors (Lipinski definition) is 0. The Morgan fingerprint density at radius 3 is 2.55 bits per heavy atom. The molecule has 3 atom stereocenters. The zero-order valence-electron chi connectivity index (χ0n) is 11.0. The Morgan fingerprint density at radius 1 is 1.20 bits per heavy atom. The lowest BCUT2D eigenvalue weighted by Crippen LogP contribution is -2.38. The molecule has 0 saturated heterocycles. The van der Waals surface area contributed by atoms with E-state index in [1.54, 1.807) is 18.2 Å². The van der Waals surface area contributed by atoms with Gasteiger partial charge in [0.05, 0.1) is 5.92 Å². The van der Waals surface area contributed by atoms with E-state index in [-0.39, 0.29) is 6.42 Å². The van der Waals surface area contributed by atoms with Gasteiger partial charge in [0.15, 0.2) is 0 Å². The fourth-order valence-corrected chi connectivity index (χ4v) is 3.73. The van der Waals surface area contributed by atoms with Crippen molar-refractivity contribution in [1.82, 2.24) is 0 Å². The van der Waals surface area contributed by atoms with Crippen LogP contribution in [0.25, 0.3) is 0 Å². The van der Waals surface area contributed by atoms with Crippen molar-refractivity contribution in [2.45, 2.75) is 43.7 Å². The second-order valence-electron chi connectivity index (χ2n) is 5.45. The summed E-state index contributed by atoms with van der Waals surface area (Å²) >= 11 is 12.2. The van der Waals surface area contributed by atoms with Gasteiger partial charge in [-0.3, -0.25) is 0 Å². The Balaban J connectivity index is 2.08. The summed E-state index contributed by atoms with van der Waals surface area (Å²) in [6.45, 7) is 0. The number of hydrogen-bond acceptors (Lipinski definition) is 0. The minimum absolute atomic E-state index is 0.201. The third-order valence-electron chi connectivity index (χ3n) is 4.02. The Morgan fingerprint density at radius 2 is 1.90 bits per heavy atom. The first-order valence-corrected chi connectivity index (χ1v) is 7.64. The highest BCUT2D eigenvalue weighted by molar-refractivity contribution is 6.30. The molecule has 1 aliphatic carbocycles. The summed E-state index contributed by atoms with van der Waals surface area (Å²) in [7, 11) is 0. The maximum Gasteiger partial charge on any atom is 0.392 e. The van der Waals surface area contributed by atoms with E-state index in [2.05, 4.69) is 0 Å². The van der Waals surface area contributed by atoms with Crippen LogP contribution in [-0.4, -0.2) is 11.6 Å². The molecule has 0 amide bonds. The highest BCUT2D eigenvalue weighted by atomic mass is 35.5. The molecule has 2 rings (SSSR count). The summed E-state index contributed by atoms with van der Waals surface area (Å²) in [5.41, 5.74) is 0.893. The standard InChI is InChI=1S/C15H17Cl2F3/c16-11-5-3-4-10(8-11)9-14(17)12-6-1-2-7-13(12)15(18,19)20/h3-5,8,12-14H,1-2,6-7,9H2. The van der Waals surface area contributed by atoms with Gasteiger partial charge >= 0.3 is 6.18 Å². The van der Waals surface area contributed by atoms with Crippen LogP contribution >= 0.6 is 23.2 Å². The van der Waals surface area contributed by atoms with Crippen LogP contribution in [0.2, 0.25) is 5.02 Å². The van der Waals surface area contributed by atoms with Crippen molar-refractivity contribution in [2.75, 3.05) is 0 Å². The van der Waals surface area contributed by atoms with E-state index < -0.39 is 23.4 Å². The van der Waals surface area contributed by atoms with E-state index in [1.165, 1.54) is 0 Å². The van der Waals surface area contributed by atoms with Crippen molar-refractivity contribution in [3.63, 3.8) is 0 Å². The maximum atomic E-state index is 13.1. The average Bonchev–Trinajstić information content (AvgIpc) is 2.37. The quantitative estimate of drug-likeness (QED) is 0.611. The van der Waals surface area contributed by atoms with Gasteiger partial charge in [0.2, 0.25) is 0 Å². The first kappa shape index (κ1) is 16.0. The van der Waals surface area contributed by atoms with Crippen molar-refractivity contribution < 1.29 is 13.2 Å². The Labute approximate surface area is 127 Å². The Bertz CT molecular complexity index is 445. The van der Waals surface area contributed by atoms with Crippen LogP contribution in [0.5, 0.6) is 0 Å². The molecule has 1 aliphatic rings. The van der Waals surface area contributed by atoms with Gasteiger partial charge in [-0.2, -0.15) is 13.2 Å². The average molecular weight is 325 g/mol. The molecule has 1 aromatic rings. The lowest BCUT2D eigenvalue weighted by Gasteiger charge is -2.35. The van der Waals surface area contributed by atoms with Crippen molar-refractivity contribution in [3.05, 3.63) is 34.9 Å². The molecule has 0 N–H and O–H groups in total. The summed E-state index contributed by atoms with van der Waals surface area (Å²) in [5.74, 6) is -1.76. The van der Waals surface area contributed by atoms with Crippen molar-refractivity contribution in [3.8, 4) is 0 Å². The summed E-state index contributed by atoms with van der Waals surface area (Å²) in [5, 5.41) is 0.0859. The van der Waals surface area contributed by atoms with Crippen LogP contribution in [0.1, 0.15) is 31.2 Å². The molecule has 3 unspecified atom stereocenters. The Kier molecular flexibility index (Phi) is 5.25. The highest BCUT2D eigenvalue weighted by Crippen LogP contribution is 2.44. The van der Waals surface area contributed by atoms with Gasteiger partial charge in [-0.15, -0.1) is 11.6 Å². The number of rotatable bonds is 3. The van der Waals surface area contributed by atoms with Crippen LogP contribution in [-0.2, 0) is 6.42 Å². The van der Waals surface area contributed by atoms with Gasteiger partial charge in [0.1, 0.15) is 0 Å². The van der Waals surface area contributed by atoms with Crippen LogP contribution in [0.3, 0.4) is 0 Å². The molecule has 0 aromatic heterocycles. The van der Waals surface area contributed by atoms with Crippen molar-refractivity contribution in [2.24, 2.45) is 11.8 Å². The first-order valence-electron chi connectivity index (χ1n) is 6.83. The largest absolute Gasteiger partial charge is 0.392 e. The monoisotopic (exact) mass is 324 g/mol. The smallest absolute Gasteiger partial charge is 0.171 e. The SMILES string of the molecule is FC(F)(F)C1CCCCC1C(Cl)Cc1cccc(Cl)c1. The lowest BCUT2D eigenvalue weighted by molar-refractivity contribution is -0.196. The van der Waals surface area contributed by atoms with E-state index in [9.17, 15) is 13.2 Å². The molecule has 0 radical (unpaired) electrons. The van der Waals surface area contributed by atoms with Gasteiger partial charge in [0, 0.05) is 10.4 Å². The summed E-state index contributed by atoms with van der Waals surface area (Å²) < 4.78 is 39.2. The number of benzene rings is 1. The molecular formula is C15H17Cl2F3. The van der Waals surface area contributed by atoms with E-state index in [0.717, 1.165) is 12.0 Å². The molecule has 1 fully saturated rings. The van der Waals surface area contributed by atoms with E-state index in [1.807, 2.05) is 6.07 Å². The molecule has 0 heterocycles. The molecule has 1 saturated carbocycles. The summed E-state index contributed by atoms with van der Waals surface area (Å²) in [4.78, 5) is 0. The molecular weight excluding hydrogens is 308 g/mol. The predicted molar refractivity (Wildman–Crippen MR) is 76.3 cm³/mol. The molecule has 20 heavy (non-hydrogen) atoms. The molecule has 0 nitrogen and oxygen atoms in total. The normalized spacial score (nSPS) is 25.4. The summed E-state index contributed by atoms with van der Waals surface area (Å²) in [6, 6.07) is 7.16. The zero-order valence-corrected chi connectivity index (χ0v) is 12.5. The lowest BCUT2D eigenvalue weighted by atomic mass is 9.75. The van der Waals surface area contributed by atoms with Gasteiger partial charge in [-0.25, -0.2) is 0 Å². The highest BCUT2D eigenvalue weighted by Gasteiger charge is 2.47. The topological polar surface area (TPSA) is 0 Å². The fraction of sp³-hybridized carbons (Fsp3) is 0.600. The second-order valence-corrected chi connectivity index (χ2v) is 6.44. The van der Waals surface area contributed by atoms with E-state index in [0.29, 0.717) is 24.3 Å². The molecule has 1 aromatic carbocycles. The number of alkyl halides is 4. The van der Waals surface area contributed by atoms with E-state index in [4.69, 9.17) is 23.2 Å². The number of halogens is 5. The minimum Gasteiger partial charge on any atom is -0.171 e. The second kappa shape index (κ2) is 6.57. The van der Waals surface area contributed by atoms with Crippen LogP contribution < -0.4 is 0 Å². The molecule has 0 aliphatic heterocycles. The Hall–Kier alpha value is -0.410. The minimum atomic E-state index is -4.15. The van der Waals surface area contributed by atoms with Crippen molar-refractivity contribution in [1.29, 1.82) is 0 Å². The predicted octanol–water partition coefficient (Wildman–Crippen LogP) is 5.86. The van der Waals surface area contributed by atoms with Gasteiger partial charge in [-0.1, -0.05) is 36.6 Å². The maximum absolute atomic E-state index is 13.1. The molecule has 5 heteroatoms. The molecule has 0 bridgehead atoms. The first-order chi connectivity index (χ1) is 9.38. The molecule has 0 spiro atoms. The van der Waals surface area contributed by atoms with E-state index >= 15 is 0 Å². The van der Waals surface area contributed by atoms with Gasteiger partial charge in [-0.05, 0) is 42.9 Å². The van der Waals surface area contributed by atoms with Gasteiger partial charge in [0.25, 0.3) is 0 Å². The van der Waals surface area contributed by atoms with Crippen LogP contribution in [0, 0.1) is 11.8 Å². The van der Waals surface area contributed by atoms with Crippen LogP contribution in [0.4, 0.5) is 13.2 Å². The van der Waals surface area contributed by atoms with Crippen molar-refractivity contribution >= 4 is 23.2 Å². The third kappa shape index (κ3) is 4.05.